The molecule has 0 fully saturated rings. The summed E-state index contributed by atoms with van der Waals surface area (Å²) in [5.74, 6) is 1.57. The van der Waals surface area contributed by atoms with E-state index in [0.717, 1.165) is 25.0 Å². The van der Waals surface area contributed by atoms with E-state index in [2.05, 4.69) is 13.0 Å². The van der Waals surface area contributed by atoms with Crippen LogP contribution in [0.25, 0.3) is 0 Å². The van der Waals surface area contributed by atoms with Gasteiger partial charge in [0.1, 0.15) is 11.5 Å². The lowest BCUT2D eigenvalue weighted by molar-refractivity contribution is -0.123. The van der Waals surface area contributed by atoms with Crippen molar-refractivity contribution in [2.24, 2.45) is 11.7 Å². The molecule has 2 rings (SSSR count). The van der Waals surface area contributed by atoms with Gasteiger partial charge in [0.05, 0.1) is 6.61 Å². The molecule has 0 aliphatic carbocycles. The number of Topliss-reactive ketones (excluding diaryl/α,β-unsaturated/α-hetero) is 1. The van der Waals surface area contributed by atoms with Crippen molar-refractivity contribution >= 4 is 5.78 Å². The molecular weight excluding hydrogens is 238 g/mol. The third kappa shape index (κ3) is 3.35. The Balaban J connectivity index is 2.06. The minimum Gasteiger partial charge on any atom is -0.493 e. The Morgan fingerprint density at radius 3 is 3.00 bits per heavy atom. The zero-order chi connectivity index (χ0) is 13.7. The molecule has 0 spiro atoms. The number of ketones is 1. The molecule has 2 N–H and O–H groups in total. The minimum absolute atomic E-state index is 0.0278. The quantitative estimate of drug-likeness (QED) is 0.856. The fourth-order valence-corrected chi connectivity index (χ4v) is 2.80. The molecule has 1 aliphatic heterocycles. The van der Waals surface area contributed by atoms with Gasteiger partial charge in [-0.25, -0.2) is 0 Å². The molecule has 19 heavy (non-hydrogen) atoms. The van der Waals surface area contributed by atoms with Crippen LogP contribution in [0.3, 0.4) is 0 Å². The molecular formula is C16H23NO2. The van der Waals surface area contributed by atoms with Gasteiger partial charge in [-0.3, -0.25) is 4.79 Å². The van der Waals surface area contributed by atoms with Gasteiger partial charge in [-0.1, -0.05) is 31.5 Å². The van der Waals surface area contributed by atoms with Crippen LogP contribution in [0.15, 0.2) is 24.3 Å². The lowest BCUT2D eigenvalue weighted by Crippen LogP contribution is -2.26. The fraction of sp³-hybridized carbons (Fsp3) is 0.562. The summed E-state index contributed by atoms with van der Waals surface area (Å²) in [4.78, 5) is 12.3. The second-order valence-corrected chi connectivity index (χ2v) is 5.26. The van der Waals surface area contributed by atoms with Crippen molar-refractivity contribution in [3.63, 3.8) is 0 Å². The van der Waals surface area contributed by atoms with Gasteiger partial charge in [0, 0.05) is 18.9 Å². The Hall–Kier alpha value is -1.35. The predicted molar refractivity (Wildman–Crippen MR) is 76.4 cm³/mol. The summed E-state index contributed by atoms with van der Waals surface area (Å²) < 4.78 is 5.63. The highest BCUT2D eigenvalue weighted by Gasteiger charge is 2.26. The maximum atomic E-state index is 12.3. The zero-order valence-electron chi connectivity index (χ0n) is 11.6. The number of fused-ring (bicyclic) bond motifs is 1. The van der Waals surface area contributed by atoms with Crippen molar-refractivity contribution in [1.82, 2.24) is 0 Å². The van der Waals surface area contributed by atoms with Gasteiger partial charge >= 0.3 is 0 Å². The topological polar surface area (TPSA) is 52.3 Å². The summed E-state index contributed by atoms with van der Waals surface area (Å²) >= 11 is 0. The van der Waals surface area contributed by atoms with Crippen molar-refractivity contribution in [2.45, 2.75) is 38.5 Å². The van der Waals surface area contributed by atoms with E-state index in [9.17, 15) is 4.79 Å². The lowest BCUT2D eigenvalue weighted by Gasteiger charge is -2.26. The predicted octanol–water partition coefficient (Wildman–Crippen LogP) is 2.89. The van der Waals surface area contributed by atoms with Crippen LogP contribution in [-0.4, -0.2) is 18.9 Å². The van der Waals surface area contributed by atoms with E-state index >= 15 is 0 Å². The van der Waals surface area contributed by atoms with Crippen molar-refractivity contribution in [2.75, 3.05) is 13.2 Å². The van der Waals surface area contributed by atoms with Crippen molar-refractivity contribution in [1.29, 1.82) is 0 Å². The van der Waals surface area contributed by atoms with Crippen LogP contribution >= 0.6 is 0 Å². The highest BCUT2D eigenvalue weighted by atomic mass is 16.5. The van der Waals surface area contributed by atoms with Crippen LogP contribution < -0.4 is 10.5 Å². The molecule has 3 heteroatoms. The number of ether oxygens (including phenoxy) is 1. The smallest absolute Gasteiger partial charge is 0.137 e. The van der Waals surface area contributed by atoms with E-state index in [4.69, 9.17) is 10.5 Å². The van der Waals surface area contributed by atoms with Crippen LogP contribution in [-0.2, 0) is 4.79 Å². The van der Waals surface area contributed by atoms with E-state index in [-0.39, 0.29) is 5.92 Å². The van der Waals surface area contributed by atoms with Gasteiger partial charge in [0.2, 0.25) is 0 Å². The van der Waals surface area contributed by atoms with Crippen LogP contribution in [0.1, 0.15) is 44.1 Å². The second kappa shape index (κ2) is 6.71. The van der Waals surface area contributed by atoms with Gasteiger partial charge in [-0.05, 0) is 30.4 Å². The molecule has 0 saturated heterocycles. The van der Waals surface area contributed by atoms with Crippen LogP contribution in [0.4, 0.5) is 0 Å². The third-order valence-corrected chi connectivity index (χ3v) is 3.91. The van der Waals surface area contributed by atoms with Gasteiger partial charge in [0.25, 0.3) is 0 Å². The number of carbonyl (C=O) groups is 1. The van der Waals surface area contributed by atoms with Crippen molar-refractivity contribution < 1.29 is 9.53 Å². The summed E-state index contributed by atoms with van der Waals surface area (Å²) in [6, 6.07) is 8.04. The molecule has 0 radical (unpaired) electrons. The summed E-state index contributed by atoms with van der Waals surface area (Å²) in [5, 5.41) is 0. The Labute approximate surface area is 115 Å². The minimum atomic E-state index is 0.0278. The van der Waals surface area contributed by atoms with Gasteiger partial charge in [0.15, 0.2) is 0 Å². The standard InChI is InChI=1S/C16H23NO2/c1-2-5-13(11-17)15(18)10-12-8-9-19-16-7-4-3-6-14(12)16/h3-4,6-7,12-13H,2,5,8-11,17H2,1H3. The number of nitrogens with two attached hydrogens (primary N) is 1. The largest absolute Gasteiger partial charge is 0.493 e. The van der Waals surface area contributed by atoms with E-state index in [0.29, 0.717) is 31.3 Å². The number of benzene rings is 1. The molecule has 2 unspecified atom stereocenters. The summed E-state index contributed by atoms with van der Waals surface area (Å²) in [5.41, 5.74) is 6.89. The summed E-state index contributed by atoms with van der Waals surface area (Å²) in [6.07, 6.45) is 3.44. The molecule has 0 aromatic heterocycles. The average molecular weight is 261 g/mol. The Kier molecular flexibility index (Phi) is 4.97. The number of para-hydroxylation sites is 1. The highest BCUT2D eigenvalue weighted by molar-refractivity contribution is 5.82. The first-order valence-electron chi connectivity index (χ1n) is 7.20. The Morgan fingerprint density at radius 2 is 2.26 bits per heavy atom. The molecule has 1 aromatic rings. The van der Waals surface area contributed by atoms with E-state index in [1.165, 1.54) is 5.56 Å². The second-order valence-electron chi connectivity index (χ2n) is 5.26. The summed E-state index contributed by atoms with van der Waals surface area (Å²) in [6.45, 7) is 3.27. The Morgan fingerprint density at radius 1 is 1.47 bits per heavy atom. The number of rotatable bonds is 6. The number of hydrogen-bond donors (Lipinski definition) is 1. The van der Waals surface area contributed by atoms with E-state index in [1.54, 1.807) is 0 Å². The molecule has 0 saturated carbocycles. The first-order valence-corrected chi connectivity index (χ1v) is 7.20. The summed E-state index contributed by atoms with van der Waals surface area (Å²) in [7, 11) is 0. The first-order chi connectivity index (χ1) is 9.26. The van der Waals surface area contributed by atoms with E-state index < -0.39 is 0 Å². The monoisotopic (exact) mass is 261 g/mol. The maximum absolute atomic E-state index is 12.3. The molecule has 2 atom stereocenters. The fourth-order valence-electron chi connectivity index (χ4n) is 2.80. The lowest BCUT2D eigenvalue weighted by atomic mass is 9.84. The zero-order valence-corrected chi connectivity index (χ0v) is 11.6. The maximum Gasteiger partial charge on any atom is 0.137 e. The SMILES string of the molecule is CCCC(CN)C(=O)CC1CCOc2ccccc21. The van der Waals surface area contributed by atoms with Gasteiger partial charge in [-0.15, -0.1) is 0 Å². The first kappa shape index (κ1) is 14.1. The molecule has 1 aliphatic rings. The van der Waals surface area contributed by atoms with Crippen LogP contribution in [0, 0.1) is 5.92 Å². The molecule has 1 heterocycles. The average Bonchev–Trinajstić information content (AvgIpc) is 2.45. The number of hydrogen-bond acceptors (Lipinski definition) is 3. The molecule has 104 valence electrons. The number of carbonyl (C=O) groups excluding carboxylic acids is 1. The molecule has 0 amide bonds. The molecule has 1 aromatic carbocycles. The Bertz CT molecular complexity index is 431. The van der Waals surface area contributed by atoms with Crippen molar-refractivity contribution in [3.8, 4) is 5.75 Å². The van der Waals surface area contributed by atoms with Crippen LogP contribution in [0.5, 0.6) is 5.75 Å². The molecule has 0 bridgehead atoms. The van der Waals surface area contributed by atoms with Gasteiger partial charge in [-0.2, -0.15) is 0 Å². The van der Waals surface area contributed by atoms with Crippen molar-refractivity contribution in [3.05, 3.63) is 29.8 Å². The third-order valence-electron chi connectivity index (χ3n) is 3.91. The van der Waals surface area contributed by atoms with E-state index in [1.807, 2.05) is 18.2 Å². The molecule has 3 nitrogen and oxygen atoms in total. The van der Waals surface area contributed by atoms with Crippen LogP contribution in [0.2, 0.25) is 0 Å². The highest BCUT2D eigenvalue weighted by Crippen LogP contribution is 2.36. The normalized spacial score (nSPS) is 19.4. The van der Waals surface area contributed by atoms with Gasteiger partial charge < -0.3 is 10.5 Å².